The molecule has 7 heteroatoms. The average Bonchev–Trinajstić information content (AvgIpc) is 2.15. The van der Waals surface area contributed by atoms with Crippen molar-refractivity contribution in [2.45, 2.75) is 12.6 Å². The zero-order valence-corrected chi connectivity index (χ0v) is 7.58. The Morgan fingerprint density at radius 2 is 1.93 bits per heavy atom. The number of amides is 1. The third-order valence-electron chi connectivity index (χ3n) is 1.46. The molecule has 0 aliphatic heterocycles. The van der Waals surface area contributed by atoms with Crippen LogP contribution in [0.4, 0.5) is 13.2 Å². The lowest BCUT2D eigenvalue weighted by Gasteiger charge is -2.07. The zero-order chi connectivity index (χ0) is 11.3. The smallest absolute Gasteiger partial charge is 0.347 e. The summed E-state index contributed by atoms with van der Waals surface area (Å²) < 4.78 is 35.1. The number of aromatic nitrogens is 2. The Balaban J connectivity index is 2.38. The van der Waals surface area contributed by atoms with E-state index in [-0.39, 0.29) is 6.42 Å². The van der Waals surface area contributed by atoms with E-state index in [1.165, 1.54) is 18.7 Å². The van der Waals surface area contributed by atoms with Gasteiger partial charge in [-0.3, -0.25) is 4.79 Å². The predicted octanol–water partition coefficient (Wildman–Crippen LogP) is 0.698. The average molecular weight is 219 g/mol. The van der Waals surface area contributed by atoms with Crippen molar-refractivity contribution in [1.29, 1.82) is 0 Å². The number of hydrogen-bond donors (Lipinski definition) is 1. The van der Waals surface area contributed by atoms with Crippen molar-refractivity contribution in [3.63, 3.8) is 0 Å². The normalized spacial score (nSPS) is 11.1. The Labute approximate surface area is 83.5 Å². The maximum absolute atomic E-state index is 11.7. The first-order valence-electron chi connectivity index (χ1n) is 4.05. The van der Waals surface area contributed by atoms with Gasteiger partial charge in [0.15, 0.2) is 0 Å². The van der Waals surface area contributed by atoms with E-state index in [2.05, 4.69) is 9.97 Å². The molecular formula is C8H8F3N3O. The number of rotatable bonds is 3. The first-order chi connectivity index (χ1) is 6.97. The molecule has 0 bridgehead atoms. The van der Waals surface area contributed by atoms with Gasteiger partial charge in [0.05, 0.1) is 6.42 Å². The lowest BCUT2D eigenvalue weighted by molar-refractivity contribution is -0.138. The molecular weight excluding hydrogens is 211 g/mol. The van der Waals surface area contributed by atoms with Crippen molar-refractivity contribution in [3.05, 3.63) is 24.3 Å². The lowest BCUT2D eigenvalue weighted by Crippen LogP contribution is -2.34. The Morgan fingerprint density at radius 1 is 1.33 bits per heavy atom. The number of carbonyl (C=O) groups is 1. The number of hydrogen-bond acceptors (Lipinski definition) is 3. The number of nitrogens with one attached hydrogen (secondary N) is 1. The van der Waals surface area contributed by atoms with Gasteiger partial charge in [0.25, 0.3) is 0 Å². The van der Waals surface area contributed by atoms with Crippen LogP contribution in [-0.4, -0.2) is 28.6 Å². The molecule has 0 saturated carbocycles. The van der Waals surface area contributed by atoms with Crippen LogP contribution in [0.3, 0.4) is 0 Å². The Kier molecular flexibility index (Phi) is 3.59. The summed E-state index contributed by atoms with van der Waals surface area (Å²) in [4.78, 5) is 18.3. The van der Waals surface area contributed by atoms with E-state index in [4.69, 9.17) is 0 Å². The van der Waals surface area contributed by atoms with Crippen molar-refractivity contribution in [1.82, 2.24) is 15.3 Å². The van der Waals surface area contributed by atoms with E-state index < -0.39 is 18.6 Å². The Morgan fingerprint density at radius 3 is 2.47 bits per heavy atom. The van der Waals surface area contributed by atoms with E-state index >= 15 is 0 Å². The molecule has 1 aromatic heterocycles. The summed E-state index contributed by atoms with van der Waals surface area (Å²) in [5.74, 6) is -0.706. The third-order valence-corrected chi connectivity index (χ3v) is 1.46. The minimum atomic E-state index is -4.39. The minimum Gasteiger partial charge on any atom is -0.347 e. The third kappa shape index (κ3) is 4.94. The van der Waals surface area contributed by atoms with Gasteiger partial charge >= 0.3 is 6.18 Å². The van der Waals surface area contributed by atoms with Crippen LogP contribution in [0, 0.1) is 0 Å². The van der Waals surface area contributed by atoms with E-state index in [0.29, 0.717) is 5.56 Å². The molecule has 0 radical (unpaired) electrons. The van der Waals surface area contributed by atoms with Gasteiger partial charge < -0.3 is 5.32 Å². The summed E-state index contributed by atoms with van der Waals surface area (Å²) >= 11 is 0. The maximum atomic E-state index is 11.7. The van der Waals surface area contributed by atoms with Crippen molar-refractivity contribution in [2.75, 3.05) is 6.54 Å². The number of carbonyl (C=O) groups excluding carboxylic acids is 1. The predicted molar refractivity (Wildman–Crippen MR) is 44.8 cm³/mol. The second-order valence-corrected chi connectivity index (χ2v) is 2.82. The summed E-state index contributed by atoms with van der Waals surface area (Å²) in [6.07, 6.45) is -0.517. The summed E-state index contributed by atoms with van der Waals surface area (Å²) in [5.41, 5.74) is 0.470. The number of halogens is 3. The highest BCUT2D eigenvalue weighted by Crippen LogP contribution is 2.12. The molecule has 1 N–H and O–H groups in total. The van der Waals surface area contributed by atoms with E-state index in [1.807, 2.05) is 0 Å². The molecule has 0 unspecified atom stereocenters. The molecule has 0 aliphatic carbocycles. The molecule has 0 aliphatic rings. The quantitative estimate of drug-likeness (QED) is 0.814. The van der Waals surface area contributed by atoms with E-state index in [9.17, 15) is 18.0 Å². The van der Waals surface area contributed by atoms with Crippen molar-refractivity contribution in [3.8, 4) is 0 Å². The van der Waals surface area contributed by atoms with Crippen LogP contribution in [0.15, 0.2) is 18.7 Å². The van der Waals surface area contributed by atoms with Gasteiger partial charge in [-0.15, -0.1) is 0 Å². The van der Waals surface area contributed by atoms with Gasteiger partial charge in [-0.1, -0.05) is 0 Å². The molecule has 1 rings (SSSR count). The van der Waals surface area contributed by atoms with Crippen molar-refractivity contribution in [2.24, 2.45) is 0 Å². The molecule has 0 aromatic carbocycles. The molecule has 0 spiro atoms. The SMILES string of the molecule is O=C(Cc1cncnc1)NCC(F)(F)F. The fraction of sp³-hybridized carbons (Fsp3) is 0.375. The Hall–Kier alpha value is -1.66. The first kappa shape index (κ1) is 11.4. The van der Waals surface area contributed by atoms with Crippen molar-refractivity contribution < 1.29 is 18.0 Å². The minimum absolute atomic E-state index is 0.156. The zero-order valence-electron chi connectivity index (χ0n) is 7.58. The van der Waals surface area contributed by atoms with Crippen LogP contribution in [0.25, 0.3) is 0 Å². The largest absolute Gasteiger partial charge is 0.405 e. The molecule has 1 amide bonds. The standard InChI is InChI=1S/C8H8F3N3O/c9-8(10,11)4-14-7(15)1-6-2-12-5-13-3-6/h2-3,5H,1,4H2,(H,14,15). The first-order valence-corrected chi connectivity index (χ1v) is 4.05. The summed E-state index contributed by atoms with van der Waals surface area (Å²) in [5, 5.41) is 1.75. The molecule has 15 heavy (non-hydrogen) atoms. The second kappa shape index (κ2) is 4.72. The van der Waals surface area contributed by atoms with E-state index in [0.717, 1.165) is 0 Å². The van der Waals surface area contributed by atoms with Crippen LogP contribution in [0.5, 0.6) is 0 Å². The summed E-state index contributed by atoms with van der Waals surface area (Å²) in [6, 6.07) is 0. The molecule has 0 fully saturated rings. The van der Waals surface area contributed by atoms with Crippen LogP contribution in [0.1, 0.15) is 5.56 Å². The lowest BCUT2D eigenvalue weighted by atomic mass is 10.2. The van der Waals surface area contributed by atoms with Gasteiger partial charge in [0, 0.05) is 12.4 Å². The fourth-order valence-corrected chi connectivity index (χ4v) is 0.868. The van der Waals surface area contributed by atoms with Crippen molar-refractivity contribution >= 4 is 5.91 Å². The molecule has 82 valence electrons. The molecule has 4 nitrogen and oxygen atoms in total. The molecule has 1 heterocycles. The van der Waals surface area contributed by atoms with E-state index in [1.54, 1.807) is 5.32 Å². The van der Waals surface area contributed by atoms with Gasteiger partial charge in [-0.25, -0.2) is 9.97 Å². The second-order valence-electron chi connectivity index (χ2n) is 2.82. The highest BCUT2D eigenvalue weighted by molar-refractivity contribution is 5.78. The van der Waals surface area contributed by atoms with Gasteiger partial charge in [-0.2, -0.15) is 13.2 Å². The van der Waals surface area contributed by atoms with Gasteiger partial charge in [0.2, 0.25) is 5.91 Å². The molecule has 0 atom stereocenters. The van der Waals surface area contributed by atoms with Crippen LogP contribution in [-0.2, 0) is 11.2 Å². The van der Waals surface area contributed by atoms with Crippen LogP contribution in [0.2, 0.25) is 0 Å². The fourth-order valence-electron chi connectivity index (χ4n) is 0.868. The maximum Gasteiger partial charge on any atom is 0.405 e. The number of alkyl halides is 3. The summed E-state index contributed by atoms with van der Waals surface area (Å²) in [7, 11) is 0. The highest BCUT2D eigenvalue weighted by atomic mass is 19.4. The van der Waals surface area contributed by atoms with Crippen LogP contribution < -0.4 is 5.32 Å². The molecule has 1 aromatic rings. The molecule has 0 saturated heterocycles. The van der Waals surface area contributed by atoms with Gasteiger partial charge in [-0.05, 0) is 5.56 Å². The Bertz CT molecular complexity index is 326. The van der Waals surface area contributed by atoms with Gasteiger partial charge in [0.1, 0.15) is 12.9 Å². The van der Waals surface area contributed by atoms with Crippen LogP contribution >= 0.6 is 0 Å². The monoisotopic (exact) mass is 219 g/mol. The number of nitrogens with zero attached hydrogens (tertiary/aromatic N) is 2. The highest BCUT2D eigenvalue weighted by Gasteiger charge is 2.27. The summed E-state index contributed by atoms with van der Waals surface area (Å²) in [6.45, 7) is -1.32. The topological polar surface area (TPSA) is 54.9 Å².